The molecule has 0 spiro atoms. The van der Waals surface area contributed by atoms with Crippen molar-refractivity contribution in [2.75, 3.05) is 37.0 Å². The first kappa shape index (κ1) is 13.6. The van der Waals surface area contributed by atoms with Gasteiger partial charge in [0.2, 0.25) is 0 Å². The molecule has 8 heteroatoms. The Morgan fingerprint density at radius 1 is 1.35 bits per heavy atom. The molecule has 0 aliphatic carbocycles. The predicted molar refractivity (Wildman–Crippen MR) is 77.0 cm³/mol. The number of fused-ring (bicyclic) bond motifs is 1. The molecule has 3 heterocycles. The van der Waals surface area contributed by atoms with E-state index in [4.69, 9.17) is 4.74 Å². The Balaban J connectivity index is 2.09. The van der Waals surface area contributed by atoms with E-state index in [-0.39, 0.29) is 6.73 Å². The smallest absolute Gasteiger partial charge is 0.191 e. The molecule has 108 valence electrons. The standard InChI is InChI=1S/C12H17N5O2S/c1-2-20-12-14-10(16-3-5-19-6-4-16)9-7-13-17(8-18)11(9)15-12/h7,18H,2-6,8H2,1H3. The van der Waals surface area contributed by atoms with E-state index < -0.39 is 0 Å². The van der Waals surface area contributed by atoms with Gasteiger partial charge in [-0.3, -0.25) is 0 Å². The number of hydrogen-bond acceptors (Lipinski definition) is 7. The van der Waals surface area contributed by atoms with Gasteiger partial charge in [-0.05, 0) is 5.75 Å². The van der Waals surface area contributed by atoms with Crippen LogP contribution in [0.1, 0.15) is 6.92 Å². The molecule has 0 aromatic carbocycles. The molecular formula is C12H17N5O2S. The summed E-state index contributed by atoms with van der Waals surface area (Å²) in [5, 5.41) is 15.1. The summed E-state index contributed by atoms with van der Waals surface area (Å²) in [7, 11) is 0. The molecule has 3 rings (SSSR count). The van der Waals surface area contributed by atoms with Crippen molar-refractivity contribution in [2.45, 2.75) is 18.8 Å². The van der Waals surface area contributed by atoms with Crippen LogP contribution < -0.4 is 4.90 Å². The minimum Gasteiger partial charge on any atom is -0.378 e. The van der Waals surface area contributed by atoms with Crippen LogP contribution in [0, 0.1) is 0 Å². The second-order valence-corrected chi connectivity index (χ2v) is 5.62. The van der Waals surface area contributed by atoms with E-state index in [0.717, 1.165) is 35.2 Å². The highest BCUT2D eigenvalue weighted by atomic mass is 32.2. The zero-order valence-corrected chi connectivity index (χ0v) is 12.1. The summed E-state index contributed by atoms with van der Waals surface area (Å²) >= 11 is 1.59. The fourth-order valence-corrected chi connectivity index (χ4v) is 2.79. The maximum Gasteiger partial charge on any atom is 0.191 e. The summed E-state index contributed by atoms with van der Waals surface area (Å²) in [6.45, 7) is 4.92. The lowest BCUT2D eigenvalue weighted by molar-refractivity contribution is 0.122. The molecule has 1 aliphatic rings. The van der Waals surface area contributed by atoms with E-state index in [1.807, 2.05) is 0 Å². The number of morpholine rings is 1. The Morgan fingerprint density at radius 3 is 2.85 bits per heavy atom. The molecule has 0 atom stereocenters. The zero-order valence-electron chi connectivity index (χ0n) is 11.3. The van der Waals surface area contributed by atoms with Crippen molar-refractivity contribution < 1.29 is 9.84 Å². The Hall–Kier alpha value is -1.38. The van der Waals surface area contributed by atoms with Crippen LogP contribution in [0.15, 0.2) is 11.4 Å². The molecule has 2 aromatic heterocycles. The third-order valence-corrected chi connectivity index (χ3v) is 3.90. The van der Waals surface area contributed by atoms with Gasteiger partial charge in [-0.25, -0.2) is 14.6 Å². The number of hydrogen-bond donors (Lipinski definition) is 1. The van der Waals surface area contributed by atoms with E-state index in [9.17, 15) is 5.11 Å². The van der Waals surface area contributed by atoms with Crippen LogP contribution in [0.2, 0.25) is 0 Å². The number of thioether (sulfide) groups is 1. The van der Waals surface area contributed by atoms with Gasteiger partial charge in [0.25, 0.3) is 0 Å². The van der Waals surface area contributed by atoms with Crippen molar-refractivity contribution in [3.63, 3.8) is 0 Å². The number of aliphatic hydroxyl groups excluding tert-OH is 1. The van der Waals surface area contributed by atoms with Crippen molar-refractivity contribution in [2.24, 2.45) is 0 Å². The largest absolute Gasteiger partial charge is 0.378 e. The second-order valence-electron chi connectivity index (χ2n) is 4.39. The lowest BCUT2D eigenvalue weighted by Crippen LogP contribution is -2.37. The topological polar surface area (TPSA) is 76.3 Å². The van der Waals surface area contributed by atoms with Gasteiger partial charge < -0.3 is 14.7 Å². The second kappa shape index (κ2) is 5.94. The van der Waals surface area contributed by atoms with E-state index >= 15 is 0 Å². The third-order valence-electron chi connectivity index (χ3n) is 3.17. The molecule has 1 fully saturated rings. The first-order valence-corrected chi connectivity index (χ1v) is 7.62. The van der Waals surface area contributed by atoms with Crippen LogP contribution >= 0.6 is 11.8 Å². The quantitative estimate of drug-likeness (QED) is 0.658. The molecule has 1 aliphatic heterocycles. The molecule has 20 heavy (non-hydrogen) atoms. The van der Waals surface area contributed by atoms with Crippen molar-refractivity contribution in [1.29, 1.82) is 0 Å². The summed E-state index contributed by atoms with van der Waals surface area (Å²) < 4.78 is 6.87. The minimum absolute atomic E-state index is 0.181. The van der Waals surface area contributed by atoms with Gasteiger partial charge in [-0.2, -0.15) is 5.10 Å². The number of rotatable bonds is 4. The summed E-state index contributed by atoms with van der Waals surface area (Å²) in [4.78, 5) is 11.3. The molecule has 0 amide bonds. The zero-order chi connectivity index (χ0) is 13.9. The van der Waals surface area contributed by atoms with Gasteiger partial charge in [-0.1, -0.05) is 18.7 Å². The van der Waals surface area contributed by atoms with Gasteiger partial charge in [0.15, 0.2) is 10.8 Å². The summed E-state index contributed by atoms with van der Waals surface area (Å²) in [6.07, 6.45) is 1.72. The summed E-state index contributed by atoms with van der Waals surface area (Å²) in [5.41, 5.74) is 0.681. The average molecular weight is 295 g/mol. The number of ether oxygens (including phenoxy) is 1. The van der Waals surface area contributed by atoms with Crippen LogP contribution in [0.3, 0.4) is 0 Å². The van der Waals surface area contributed by atoms with E-state index in [1.54, 1.807) is 18.0 Å². The maximum absolute atomic E-state index is 9.35. The van der Waals surface area contributed by atoms with E-state index in [0.29, 0.717) is 18.9 Å². The van der Waals surface area contributed by atoms with E-state index in [2.05, 4.69) is 26.9 Å². The highest BCUT2D eigenvalue weighted by molar-refractivity contribution is 7.99. The minimum atomic E-state index is -0.181. The summed E-state index contributed by atoms with van der Waals surface area (Å²) in [6, 6.07) is 0. The van der Waals surface area contributed by atoms with Crippen LogP contribution in [0.5, 0.6) is 0 Å². The van der Waals surface area contributed by atoms with Crippen molar-refractivity contribution in [1.82, 2.24) is 19.7 Å². The molecule has 0 unspecified atom stereocenters. The number of aromatic nitrogens is 4. The highest BCUT2D eigenvalue weighted by Crippen LogP contribution is 2.27. The van der Waals surface area contributed by atoms with Gasteiger partial charge >= 0.3 is 0 Å². The average Bonchev–Trinajstić information content (AvgIpc) is 2.90. The van der Waals surface area contributed by atoms with Gasteiger partial charge in [0, 0.05) is 13.1 Å². The van der Waals surface area contributed by atoms with Gasteiger partial charge in [-0.15, -0.1) is 0 Å². The predicted octanol–water partition coefficient (Wildman–Crippen LogP) is 0.725. The number of aliphatic hydroxyl groups is 1. The normalized spacial score (nSPS) is 16.0. The molecule has 0 radical (unpaired) electrons. The maximum atomic E-state index is 9.35. The van der Waals surface area contributed by atoms with Crippen molar-refractivity contribution in [3.8, 4) is 0 Å². The number of anilines is 1. The third kappa shape index (κ3) is 2.46. The Bertz CT molecular complexity index is 597. The van der Waals surface area contributed by atoms with Crippen LogP contribution in [-0.4, -0.2) is 56.9 Å². The molecule has 0 bridgehead atoms. The highest BCUT2D eigenvalue weighted by Gasteiger charge is 2.19. The van der Waals surface area contributed by atoms with E-state index in [1.165, 1.54) is 4.68 Å². The molecule has 1 saturated heterocycles. The van der Waals surface area contributed by atoms with Gasteiger partial charge in [0.1, 0.15) is 12.5 Å². The molecular weight excluding hydrogens is 278 g/mol. The SMILES string of the molecule is CCSc1nc(N2CCOCC2)c2cnn(CO)c2n1. The molecule has 0 saturated carbocycles. The van der Waals surface area contributed by atoms with Crippen LogP contribution in [0.25, 0.3) is 11.0 Å². The van der Waals surface area contributed by atoms with Gasteiger partial charge in [0.05, 0.1) is 24.8 Å². The van der Waals surface area contributed by atoms with Crippen molar-refractivity contribution in [3.05, 3.63) is 6.20 Å². The first-order valence-electron chi connectivity index (χ1n) is 6.63. The Kier molecular flexibility index (Phi) is 4.04. The Labute approximate surface area is 120 Å². The fraction of sp³-hybridized carbons (Fsp3) is 0.583. The summed E-state index contributed by atoms with van der Waals surface area (Å²) in [5.74, 6) is 1.79. The lowest BCUT2D eigenvalue weighted by atomic mass is 10.3. The first-order chi connectivity index (χ1) is 9.83. The van der Waals surface area contributed by atoms with Crippen LogP contribution in [-0.2, 0) is 11.5 Å². The number of nitrogens with zero attached hydrogens (tertiary/aromatic N) is 5. The van der Waals surface area contributed by atoms with Crippen molar-refractivity contribution >= 4 is 28.6 Å². The van der Waals surface area contributed by atoms with Crippen LogP contribution in [0.4, 0.5) is 5.82 Å². The molecule has 2 aromatic rings. The lowest BCUT2D eigenvalue weighted by Gasteiger charge is -2.28. The fourth-order valence-electron chi connectivity index (χ4n) is 2.23. The monoisotopic (exact) mass is 295 g/mol. The Morgan fingerprint density at radius 2 is 2.15 bits per heavy atom. The molecule has 7 nitrogen and oxygen atoms in total. The molecule has 1 N–H and O–H groups in total.